The van der Waals surface area contributed by atoms with Crippen LogP contribution < -0.4 is 10.2 Å². The van der Waals surface area contributed by atoms with Crippen LogP contribution in [0.25, 0.3) is 0 Å². The zero-order chi connectivity index (χ0) is 17.2. The molecule has 6 heteroatoms. The zero-order valence-corrected chi connectivity index (χ0v) is 14.5. The number of piperidine rings is 1. The summed E-state index contributed by atoms with van der Waals surface area (Å²) in [6.07, 6.45) is 6.98. The second-order valence-corrected chi connectivity index (χ2v) is 6.90. The van der Waals surface area contributed by atoms with Gasteiger partial charge < -0.3 is 10.2 Å². The summed E-state index contributed by atoms with van der Waals surface area (Å²) in [5.41, 5.74) is 4.09. The molecule has 3 heterocycles. The molecule has 6 nitrogen and oxygen atoms in total. The normalized spacial score (nSPS) is 19.4. The first kappa shape index (κ1) is 15.8. The van der Waals surface area contributed by atoms with Crippen molar-refractivity contribution in [3.8, 4) is 6.07 Å². The van der Waals surface area contributed by atoms with Crippen LogP contribution in [0.3, 0.4) is 0 Å². The first-order valence-corrected chi connectivity index (χ1v) is 8.96. The number of nitriles is 1. The van der Waals surface area contributed by atoms with Crippen LogP contribution in [0, 0.1) is 18.3 Å². The van der Waals surface area contributed by atoms with Gasteiger partial charge in [0.25, 0.3) is 0 Å². The number of rotatable bonds is 3. The van der Waals surface area contributed by atoms with E-state index in [1.807, 2.05) is 13.0 Å². The Morgan fingerprint density at radius 1 is 1.24 bits per heavy atom. The van der Waals surface area contributed by atoms with Gasteiger partial charge in [-0.1, -0.05) is 0 Å². The van der Waals surface area contributed by atoms with Gasteiger partial charge in [-0.15, -0.1) is 0 Å². The van der Waals surface area contributed by atoms with Crippen LogP contribution in [0.5, 0.6) is 0 Å². The topological polar surface area (TPSA) is 77.7 Å². The minimum Gasteiger partial charge on any atom is -0.365 e. The molecule has 1 atom stereocenters. The van der Waals surface area contributed by atoms with Crippen LogP contribution in [-0.4, -0.2) is 34.1 Å². The summed E-state index contributed by atoms with van der Waals surface area (Å²) < 4.78 is 0. The molecule has 4 rings (SSSR count). The Labute approximate surface area is 147 Å². The molecule has 0 amide bonds. The molecule has 25 heavy (non-hydrogen) atoms. The second-order valence-electron chi connectivity index (χ2n) is 6.90. The molecule has 1 N–H and O–H groups in total. The number of hydrogen-bond donors (Lipinski definition) is 1. The lowest BCUT2D eigenvalue weighted by Crippen LogP contribution is -2.43. The molecule has 1 aliphatic heterocycles. The second kappa shape index (κ2) is 6.67. The molecule has 0 saturated carbocycles. The van der Waals surface area contributed by atoms with E-state index >= 15 is 0 Å². The molecule has 0 aromatic carbocycles. The maximum absolute atomic E-state index is 9.56. The van der Waals surface area contributed by atoms with Crippen LogP contribution in [0.1, 0.15) is 41.8 Å². The van der Waals surface area contributed by atoms with Gasteiger partial charge in [-0.3, -0.25) is 0 Å². The smallest absolute Gasteiger partial charge is 0.146 e. The van der Waals surface area contributed by atoms with Gasteiger partial charge in [0.15, 0.2) is 0 Å². The van der Waals surface area contributed by atoms with Gasteiger partial charge >= 0.3 is 0 Å². The highest BCUT2D eigenvalue weighted by Gasteiger charge is 2.25. The Hall–Kier alpha value is -2.68. The van der Waals surface area contributed by atoms with Crippen molar-refractivity contribution in [1.29, 1.82) is 5.26 Å². The quantitative estimate of drug-likeness (QED) is 0.930. The van der Waals surface area contributed by atoms with Crippen molar-refractivity contribution >= 4 is 11.6 Å². The van der Waals surface area contributed by atoms with E-state index in [4.69, 9.17) is 4.98 Å². The van der Waals surface area contributed by atoms with Crippen LogP contribution in [0.4, 0.5) is 11.6 Å². The number of aromatic nitrogens is 3. The van der Waals surface area contributed by atoms with Crippen LogP contribution in [0.15, 0.2) is 18.5 Å². The molecule has 2 aromatic heterocycles. The standard InChI is InChI=1S/C19H22N6/c1-13-8-18(22-12-21-13)23-16-5-3-7-25(11-16)19-15(10-20)9-14-4-2-6-17(14)24-19/h8-9,12,16H,2-7,11H2,1H3,(H,21,22,23). The van der Waals surface area contributed by atoms with Crippen LogP contribution >= 0.6 is 0 Å². The Kier molecular flexibility index (Phi) is 4.22. The molecule has 1 fully saturated rings. The fourth-order valence-electron chi connectivity index (χ4n) is 3.81. The van der Waals surface area contributed by atoms with E-state index in [1.54, 1.807) is 6.33 Å². The Morgan fingerprint density at radius 3 is 3.00 bits per heavy atom. The highest BCUT2D eigenvalue weighted by atomic mass is 15.2. The van der Waals surface area contributed by atoms with Crippen molar-refractivity contribution in [2.45, 2.75) is 45.1 Å². The lowest BCUT2D eigenvalue weighted by atomic mass is 10.0. The first-order chi connectivity index (χ1) is 12.2. The van der Waals surface area contributed by atoms with Crippen LogP contribution in [-0.2, 0) is 12.8 Å². The molecule has 2 aromatic rings. The van der Waals surface area contributed by atoms with Gasteiger partial charge in [-0.05, 0) is 50.7 Å². The van der Waals surface area contributed by atoms with Crippen molar-refractivity contribution < 1.29 is 0 Å². The molecule has 2 aliphatic rings. The molecule has 128 valence electrons. The summed E-state index contributed by atoms with van der Waals surface area (Å²) in [6, 6.07) is 6.66. The summed E-state index contributed by atoms with van der Waals surface area (Å²) in [5.74, 6) is 1.72. The van der Waals surface area contributed by atoms with Crippen molar-refractivity contribution in [2.24, 2.45) is 0 Å². The van der Waals surface area contributed by atoms with E-state index in [9.17, 15) is 5.26 Å². The fraction of sp³-hybridized carbons (Fsp3) is 0.474. The van der Waals surface area contributed by atoms with Crippen molar-refractivity contribution in [3.05, 3.63) is 41.0 Å². The first-order valence-electron chi connectivity index (χ1n) is 8.96. The number of aryl methyl sites for hydroxylation is 3. The Bertz CT molecular complexity index is 825. The van der Waals surface area contributed by atoms with Gasteiger partial charge in [-0.25, -0.2) is 15.0 Å². The number of nitrogens with zero attached hydrogens (tertiary/aromatic N) is 5. The van der Waals surface area contributed by atoms with E-state index in [2.05, 4.69) is 32.3 Å². The van der Waals surface area contributed by atoms with Crippen molar-refractivity contribution in [2.75, 3.05) is 23.3 Å². The third kappa shape index (κ3) is 3.27. The van der Waals surface area contributed by atoms with E-state index in [0.717, 1.165) is 62.5 Å². The van der Waals surface area contributed by atoms with E-state index in [1.165, 1.54) is 11.3 Å². The number of hydrogen-bond acceptors (Lipinski definition) is 6. The molecule has 0 radical (unpaired) electrons. The van der Waals surface area contributed by atoms with Gasteiger partial charge in [0.2, 0.25) is 0 Å². The predicted octanol–water partition coefficient (Wildman–Crippen LogP) is 2.62. The molecular formula is C19H22N6. The zero-order valence-electron chi connectivity index (χ0n) is 14.5. The average Bonchev–Trinajstić information content (AvgIpc) is 3.08. The highest BCUT2D eigenvalue weighted by Crippen LogP contribution is 2.29. The molecule has 0 bridgehead atoms. The third-order valence-corrected chi connectivity index (χ3v) is 5.03. The van der Waals surface area contributed by atoms with Gasteiger partial charge in [-0.2, -0.15) is 5.26 Å². The minimum absolute atomic E-state index is 0.296. The predicted molar refractivity (Wildman–Crippen MR) is 96.6 cm³/mol. The van der Waals surface area contributed by atoms with Crippen molar-refractivity contribution in [1.82, 2.24) is 15.0 Å². The third-order valence-electron chi connectivity index (χ3n) is 5.03. The average molecular weight is 334 g/mol. The molecular weight excluding hydrogens is 312 g/mol. The molecule has 0 spiro atoms. The van der Waals surface area contributed by atoms with Gasteiger partial charge in [0.1, 0.15) is 24.0 Å². The number of pyridine rings is 1. The lowest BCUT2D eigenvalue weighted by molar-refractivity contribution is 0.525. The van der Waals surface area contributed by atoms with Gasteiger partial charge in [0.05, 0.1) is 5.56 Å². The largest absolute Gasteiger partial charge is 0.365 e. The summed E-state index contributed by atoms with van der Waals surface area (Å²) in [5, 5.41) is 13.1. The maximum atomic E-state index is 9.56. The molecule has 1 unspecified atom stereocenters. The summed E-state index contributed by atoms with van der Waals surface area (Å²) in [7, 11) is 0. The minimum atomic E-state index is 0.296. The summed E-state index contributed by atoms with van der Waals surface area (Å²) >= 11 is 0. The number of nitrogens with one attached hydrogen (secondary N) is 1. The van der Waals surface area contributed by atoms with Crippen LogP contribution in [0.2, 0.25) is 0 Å². The van der Waals surface area contributed by atoms with E-state index in [0.29, 0.717) is 11.6 Å². The van der Waals surface area contributed by atoms with E-state index in [-0.39, 0.29) is 0 Å². The van der Waals surface area contributed by atoms with Gasteiger partial charge in [0, 0.05) is 36.6 Å². The SMILES string of the molecule is Cc1cc(NC2CCCN(c3nc4c(cc3C#N)CCC4)C2)ncn1. The number of anilines is 2. The summed E-state index contributed by atoms with van der Waals surface area (Å²) in [6.45, 7) is 3.75. The lowest BCUT2D eigenvalue weighted by Gasteiger charge is -2.34. The Morgan fingerprint density at radius 2 is 2.16 bits per heavy atom. The molecule has 1 saturated heterocycles. The number of fused-ring (bicyclic) bond motifs is 1. The van der Waals surface area contributed by atoms with E-state index < -0.39 is 0 Å². The fourth-order valence-corrected chi connectivity index (χ4v) is 3.81. The summed E-state index contributed by atoms with van der Waals surface area (Å²) in [4.78, 5) is 15.6. The monoisotopic (exact) mass is 334 g/mol. The van der Waals surface area contributed by atoms with Crippen molar-refractivity contribution in [3.63, 3.8) is 0 Å². The Balaban J connectivity index is 1.54. The maximum Gasteiger partial charge on any atom is 0.146 e. The molecule has 1 aliphatic carbocycles. The highest BCUT2D eigenvalue weighted by molar-refractivity contribution is 5.57.